The van der Waals surface area contributed by atoms with Gasteiger partial charge in [-0.2, -0.15) is 0 Å². The first kappa shape index (κ1) is 12.6. The smallest absolute Gasteiger partial charge is 0.319 e. The quantitative estimate of drug-likeness (QED) is 0.875. The molecular weight excluding hydrogens is 251 g/mol. The number of benzene rings is 1. The fourth-order valence-corrected chi connectivity index (χ4v) is 2.12. The number of carbonyl (C=O) groups is 1. The van der Waals surface area contributed by atoms with Crippen molar-refractivity contribution in [2.75, 3.05) is 5.32 Å². The van der Waals surface area contributed by atoms with Crippen molar-refractivity contribution in [3.63, 3.8) is 0 Å². The largest absolute Gasteiger partial charge is 0.333 e. The van der Waals surface area contributed by atoms with Crippen LogP contribution < -0.4 is 10.6 Å². The van der Waals surface area contributed by atoms with Crippen LogP contribution in [0, 0.1) is 12.7 Å². The van der Waals surface area contributed by atoms with E-state index in [2.05, 4.69) is 10.6 Å². The third kappa shape index (κ3) is 3.30. The van der Waals surface area contributed by atoms with Crippen LogP contribution in [0.5, 0.6) is 0 Å². The maximum Gasteiger partial charge on any atom is 0.319 e. The molecule has 1 heterocycles. The molecule has 18 heavy (non-hydrogen) atoms. The lowest BCUT2D eigenvalue weighted by molar-refractivity contribution is 0.252. The van der Waals surface area contributed by atoms with E-state index in [9.17, 15) is 9.18 Å². The van der Waals surface area contributed by atoms with E-state index in [1.165, 1.54) is 12.1 Å². The van der Waals surface area contributed by atoms with Gasteiger partial charge < -0.3 is 10.6 Å². The summed E-state index contributed by atoms with van der Waals surface area (Å²) in [5, 5.41) is 7.35. The lowest BCUT2D eigenvalue weighted by atomic mass is 10.2. The Morgan fingerprint density at radius 2 is 2.22 bits per heavy atom. The van der Waals surface area contributed by atoms with Gasteiger partial charge in [0, 0.05) is 10.6 Å². The van der Waals surface area contributed by atoms with E-state index in [-0.39, 0.29) is 11.8 Å². The fourth-order valence-electron chi connectivity index (χ4n) is 1.48. The minimum absolute atomic E-state index is 0.278. The SMILES string of the molecule is Cc1cc(NC(=O)NCc2cccs2)ccc1F. The average Bonchev–Trinajstić information content (AvgIpc) is 2.84. The van der Waals surface area contributed by atoms with Crippen LogP contribution in [0.4, 0.5) is 14.9 Å². The third-order valence-corrected chi connectivity index (χ3v) is 3.30. The van der Waals surface area contributed by atoms with Crippen molar-refractivity contribution in [3.05, 3.63) is 52.0 Å². The van der Waals surface area contributed by atoms with Crippen LogP contribution in [0.15, 0.2) is 35.7 Å². The lowest BCUT2D eigenvalue weighted by Crippen LogP contribution is -2.27. The van der Waals surface area contributed by atoms with E-state index in [1.807, 2.05) is 17.5 Å². The van der Waals surface area contributed by atoms with Gasteiger partial charge in [-0.1, -0.05) is 6.07 Å². The molecule has 94 valence electrons. The van der Waals surface area contributed by atoms with Crippen molar-refractivity contribution >= 4 is 23.1 Å². The second-order valence-electron chi connectivity index (χ2n) is 3.85. The summed E-state index contributed by atoms with van der Waals surface area (Å²) >= 11 is 1.58. The minimum atomic E-state index is -0.297. The van der Waals surface area contributed by atoms with E-state index in [0.717, 1.165) is 4.88 Å². The van der Waals surface area contributed by atoms with Gasteiger partial charge in [-0.15, -0.1) is 11.3 Å². The molecule has 1 aromatic carbocycles. The Labute approximate surface area is 109 Å². The van der Waals surface area contributed by atoms with Gasteiger partial charge in [-0.25, -0.2) is 9.18 Å². The molecule has 2 N–H and O–H groups in total. The molecule has 0 fully saturated rings. The first-order valence-corrected chi connectivity index (χ1v) is 6.36. The highest BCUT2D eigenvalue weighted by atomic mass is 32.1. The van der Waals surface area contributed by atoms with Gasteiger partial charge in [-0.3, -0.25) is 0 Å². The molecule has 0 bridgehead atoms. The zero-order valence-corrected chi connectivity index (χ0v) is 10.7. The molecule has 0 aliphatic heterocycles. The van der Waals surface area contributed by atoms with Crippen LogP contribution in [0.2, 0.25) is 0 Å². The molecule has 0 radical (unpaired) electrons. The number of halogens is 1. The summed E-state index contributed by atoms with van der Waals surface area (Å²) in [5.74, 6) is -0.278. The first-order valence-electron chi connectivity index (χ1n) is 5.48. The van der Waals surface area contributed by atoms with E-state index < -0.39 is 0 Å². The van der Waals surface area contributed by atoms with Crippen LogP contribution in [-0.4, -0.2) is 6.03 Å². The van der Waals surface area contributed by atoms with Gasteiger partial charge in [0.15, 0.2) is 0 Å². The van der Waals surface area contributed by atoms with Crippen molar-refractivity contribution < 1.29 is 9.18 Å². The molecule has 0 atom stereocenters. The van der Waals surface area contributed by atoms with Crippen LogP contribution in [0.3, 0.4) is 0 Å². The van der Waals surface area contributed by atoms with E-state index in [0.29, 0.717) is 17.8 Å². The third-order valence-electron chi connectivity index (χ3n) is 2.42. The summed E-state index contributed by atoms with van der Waals surface area (Å²) in [5.41, 5.74) is 1.09. The Kier molecular flexibility index (Phi) is 3.94. The van der Waals surface area contributed by atoms with Crippen LogP contribution in [-0.2, 0) is 6.54 Å². The topological polar surface area (TPSA) is 41.1 Å². The molecule has 2 amide bonds. The molecular formula is C13H13FN2OS. The molecule has 1 aromatic heterocycles. The fraction of sp³-hybridized carbons (Fsp3) is 0.154. The van der Waals surface area contributed by atoms with Crippen molar-refractivity contribution in [1.82, 2.24) is 5.32 Å². The van der Waals surface area contributed by atoms with Crippen LogP contribution in [0.1, 0.15) is 10.4 Å². The molecule has 2 aromatic rings. The second kappa shape index (κ2) is 5.64. The van der Waals surface area contributed by atoms with Gasteiger partial charge in [0.05, 0.1) is 6.54 Å². The second-order valence-corrected chi connectivity index (χ2v) is 4.88. The number of urea groups is 1. The number of rotatable bonds is 3. The molecule has 3 nitrogen and oxygen atoms in total. The molecule has 0 aliphatic carbocycles. The zero-order valence-electron chi connectivity index (χ0n) is 9.87. The standard InChI is InChI=1S/C13H13FN2OS/c1-9-7-10(4-5-12(9)14)16-13(17)15-8-11-3-2-6-18-11/h2-7H,8H2,1H3,(H2,15,16,17). The summed E-state index contributed by atoms with van der Waals surface area (Å²) in [6, 6.07) is 8.06. The van der Waals surface area contributed by atoms with E-state index >= 15 is 0 Å². The van der Waals surface area contributed by atoms with Crippen LogP contribution in [0.25, 0.3) is 0 Å². The normalized spacial score (nSPS) is 10.1. The van der Waals surface area contributed by atoms with Gasteiger partial charge in [0.25, 0.3) is 0 Å². The minimum Gasteiger partial charge on any atom is -0.333 e. The number of carbonyl (C=O) groups excluding carboxylic acids is 1. The molecule has 0 unspecified atom stereocenters. The van der Waals surface area contributed by atoms with Gasteiger partial charge in [-0.05, 0) is 42.1 Å². The number of thiophene rings is 1. The van der Waals surface area contributed by atoms with Gasteiger partial charge >= 0.3 is 6.03 Å². The predicted molar refractivity (Wildman–Crippen MR) is 71.3 cm³/mol. The Balaban J connectivity index is 1.88. The van der Waals surface area contributed by atoms with Gasteiger partial charge in [0.2, 0.25) is 0 Å². The highest BCUT2D eigenvalue weighted by Gasteiger charge is 2.04. The Bertz CT molecular complexity index is 540. The monoisotopic (exact) mass is 264 g/mol. The number of anilines is 1. The Hall–Kier alpha value is -1.88. The van der Waals surface area contributed by atoms with Crippen molar-refractivity contribution in [1.29, 1.82) is 0 Å². The molecule has 0 spiro atoms. The number of hydrogen-bond acceptors (Lipinski definition) is 2. The zero-order chi connectivity index (χ0) is 13.0. The predicted octanol–water partition coefficient (Wildman–Crippen LogP) is 3.52. The first-order chi connectivity index (χ1) is 8.65. The summed E-state index contributed by atoms with van der Waals surface area (Å²) < 4.78 is 13.0. The lowest BCUT2D eigenvalue weighted by Gasteiger charge is -2.07. The maximum atomic E-state index is 13.0. The van der Waals surface area contributed by atoms with Crippen LogP contribution >= 0.6 is 11.3 Å². The van der Waals surface area contributed by atoms with Gasteiger partial charge in [0.1, 0.15) is 5.82 Å². The molecule has 2 rings (SSSR count). The summed E-state index contributed by atoms with van der Waals surface area (Å²) in [4.78, 5) is 12.7. The highest BCUT2D eigenvalue weighted by molar-refractivity contribution is 7.09. The molecule has 5 heteroatoms. The number of aryl methyl sites for hydroxylation is 1. The van der Waals surface area contributed by atoms with Crippen molar-refractivity contribution in [3.8, 4) is 0 Å². The van der Waals surface area contributed by atoms with Crippen molar-refractivity contribution in [2.45, 2.75) is 13.5 Å². The summed E-state index contributed by atoms with van der Waals surface area (Å²) in [7, 11) is 0. The van der Waals surface area contributed by atoms with E-state index in [4.69, 9.17) is 0 Å². The summed E-state index contributed by atoms with van der Waals surface area (Å²) in [6.45, 7) is 2.15. The number of amides is 2. The average molecular weight is 264 g/mol. The number of nitrogens with one attached hydrogen (secondary N) is 2. The molecule has 0 saturated carbocycles. The van der Waals surface area contributed by atoms with Crippen molar-refractivity contribution in [2.24, 2.45) is 0 Å². The van der Waals surface area contributed by atoms with E-state index in [1.54, 1.807) is 24.3 Å². The highest BCUT2D eigenvalue weighted by Crippen LogP contribution is 2.13. The maximum absolute atomic E-state index is 13.0. The molecule has 0 aliphatic rings. The molecule has 0 saturated heterocycles. The number of hydrogen-bond donors (Lipinski definition) is 2. The Morgan fingerprint density at radius 3 is 2.89 bits per heavy atom. The summed E-state index contributed by atoms with van der Waals surface area (Å²) in [6.07, 6.45) is 0. The Morgan fingerprint density at radius 1 is 1.39 bits per heavy atom.